The topological polar surface area (TPSA) is 45.4 Å². The van der Waals surface area contributed by atoms with Gasteiger partial charge in [0.1, 0.15) is 17.3 Å². The van der Waals surface area contributed by atoms with Crippen molar-refractivity contribution < 1.29 is 13.9 Å². The molecule has 0 bridgehead atoms. The minimum absolute atomic E-state index is 0.0230. The van der Waals surface area contributed by atoms with Crippen LogP contribution in [0.4, 0.5) is 4.39 Å². The molecule has 0 amide bonds. The molecule has 0 spiro atoms. The lowest BCUT2D eigenvalue weighted by Gasteiger charge is -2.20. The number of furan rings is 1. The van der Waals surface area contributed by atoms with Gasteiger partial charge in [-0.25, -0.2) is 4.39 Å². The molecule has 4 heteroatoms. The first-order valence-corrected chi connectivity index (χ1v) is 6.33. The number of rotatable bonds is 5. The summed E-state index contributed by atoms with van der Waals surface area (Å²) in [5, 5.41) is 13.1. The minimum atomic E-state index is -0.433. The van der Waals surface area contributed by atoms with E-state index in [1.54, 1.807) is 12.3 Å². The molecule has 0 aliphatic rings. The highest BCUT2D eigenvalue weighted by molar-refractivity contribution is 5.34. The van der Waals surface area contributed by atoms with Crippen molar-refractivity contribution in [1.82, 2.24) is 5.32 Å². The van der Waals surface area contributed by atoms with Crippen LogP contribution < -0.4 is 5.32 Å². The second-order valence-electron chi connectivity index (χ2n) is 4.78. The van der Waals surface area contributed by atoms with Gasteiger partial charge in [0.25, 0.3) is 0 Å². The third-order valence-electron chi connectivity index (χ3n) is 3.08. The molecule has 0 fully saturated rings. The van der Waals surface area contributed by atoms with E-state index in [1.807, 2.05) is 26.0 Å². The second kappa shape index (κ2) is 5.89. The number of aromatic hydroxyl groups is 1. The molecule has 3 nitrogen and oxygen atoms in total. The Bertz CT molecular complexity index is 525. The molecule has 102 valence electrons. The lowest BCUT2D eigenvalue weighted by atomic mass is 10.1. The van der Waals surface area contributed by atoms with Crippen LogP contribution in [0.1, 0.15) is 31.2 Å². The molecular formula is C15H18FNO2. The standard InChI is InChI=1S/C15H18FNO2/c1-10(8-13-4-3-7-19-13)17-11(2)14-6-5-12(16)9-15(14)18/h3-7,9-11,17-18H,8H2,1-2H3. The van der Waals surface area contributed by atoms with E-state index >= 15 is 0 Å². The van der Waals surface area contributed by atoms with Gasteiger partial charge in [0.2, 0.25) is 0 Å². The Labute approximate surface area is 112 Å². The molecule has 0 saturated heterocycles. The van der Waals surface area contributed by atoms with Gasteiger partial charge in [-0.05, 0) is 32.0 Å². The van der Waals surface area contributed by atoms with Crippen molar-refractivity contribution in [2.75, 3.05) is 0 Å². The summed E-state index contributed by atoms with van der Waals surface area (Å²) in [6.45, 7) is 3.98. The van der Waals surface area contributed by atoms with E-state index < -0.39 is 5.82 Å². The minimum Gasteiger partial charge on any atom is -0.508 e. The molecule has 1 heterocycles. The molecule has 19 heavy (non-hydrogen) atoms. The van der Waals surface area contributed by atoms with Crippen LogP contribution in [0.5, 0.6) is 5.75 Å². The monoisotopic (exact) mass is 263 g/mol. The quantitative estimate of drug-likeness (QED) is 0.869. The first-order valence-electron chi connectivity index (χ1n) is 6.33. The molecule has 1 aromatic carbocycles. The number of hydrogen-bond donors (Lipinski definition) is 2. The predicted molar refractivity (Wildman–Crippen MR) is 71.5 cm³/mol. The zero-order chi connectivity index (χ0) is 13.8. The van der Waals surface area contributed by atoms with Gasteiger partial charge in [0.05, 0.1) is 6.26 Å². The SMILES string of the molecule is CC(Cc1ccco1)NC(C)c1ccc(F)cc1O. The maximum atomic E-state index is 12.9. The maximum Gasteiger partial charge on any atom is 0.126 e. The molecule has 2 aromatic rings. The third kappa shape index (κ3) is 3.58. The summed E-state index contributed by atoms with van der Waals surface area (Å²) in [5.74, 6) is 0.456. The Morgan fingerprint density at radius 3 is 2.74 bits per heavy atom. The van der Waals surface area contributed by atoms with E-state index in [1.165, 1.54) is 6.07 Å². The molecule has 2 rings (SSSR count). The van der Waals surface area contributed by atoms with Crippen LogP contribution in [0, 0.1) is 5.82 Å². The van der Waals surface area contributed by atoms with Crippen molar-refractivity contribution in [3.8, 4) is 5.75 Å². The zero-order valence-corrected chi connectivity index (χ0v) is 11.1. The smallest absolute Gasteiger partial charge is 0.126 e. The average molecular weight is 263 g/mol. The lowest BCUT2D eigenvalue weighted by molar-refractivity contribution is 0.411. The average Bonchev–Trinajstić information content (AvgIpc) is 2.81. The van der Waals surface area contributed by atoms with Gasteiger partial charge in [-0.15, -0.1) is 0 Å². The van der Waals surface area contributed by atoms with E-state index in [9.17, 15) is 9.50 Å². The van der Waals surface area contributed by atoms with Crippen LogP contribution in [-0.2, 0) is 6.42 Å². The fraction of sp³-hybridized carbons (Fsp3) is 0.333. The first-order chi connectivity index (χ1) is 9.06. The van der Waals surface area contributed by atoms with Crippen molar-refractivity contribution in [2.24, 2.45) is 0 Å². The molecule has 0 radical (unpaired) electrons. The Balaban J connectivity index is 1.98. The van der Waals surface area contributed by atoms with Crippen LogP contribution in [0.25, 0.3) is 0 Å². The summed E-state index contributed by atoms with van der Waals surface area (Å²) in [4.78, 5) is 0. The molecule has 0 saturated carbocycles. The van der Waals surface area contributed by atoms with Gasteiger partial charge in [0, 0.05) is 30.1 Å². The highest BCUT2D eigenvalue weighted by Crippen LogP contribution is 2.25. The lowest BCUT2D eigenvalue weighted by Crippen LogP contribution is -2.30. The molecule has 0 aliphatic carbocycles. The fourth-order valence-corrected chi connectivity index (χ4v) is 2.19. The van der Waals surface area contributed by atoms with E-state index in [4.69, 9.17) is 4.42 Å². The molecule has 2 unspecified atom stereocenters. The molecule has 2 N–H and O–H groups in total. The predicted octanol–water partition coefficient (Wildman–Crippen LogP) is 3.41. The summed E-state index contributed by atoms with van der Waals surface area (Å²) in [6, 6.07) is 7.99. The van der Waals surface area contributed by atoms with E-state index in [0.29, 0.717) is 5.56 Å². The fourth-order valence-electron chi connectivity index (χ4n) is 2.19. The Kier molecular flexibility index (Phi) is 4.22. The van der Waals surface area contributed by atoms with Gasteiger partial charge in [-0.1, -0.05) is 6.07 Å². The van der Waals surface area contributed by atoms with E-state index in [0.717, 1.165) is 18.2 Å². The van der Waals surface area contributed by atoms with Gasteiger partial charge >= 0.3 is 0 Å². The van der Waals surface area contributed by atoms with Gasteiger partial charge < -0.3 is 14.8 Å². The van der Waals surface area contributed by atoms with Crippen molar-refractivity contribution >= 4 is 0 Å². The third-order valence-corrected chi connectivity index (χ3v) is 3.08. The van der Waals surface area contributed by atoms with Gasteiger partial charge in [-0.3, -0.25) is 0 Å². The summed E-state index contributed by atoms with van der Waals surface area (Å²) in [7, 11) is 0. The van der Waals surface area contributed by atoms with Crippen LogP contribution in [0.3, 0.4) is 0 Å². The molecule has 2 atom stereocenters. The summed E-state index contributed by atoms with van der Waals surface area (Å²) in [6.07, 6.45) is 2.41. The molecule has 0 aliphatic heterocycles. The van der Waals surface area contributed by atoms with Gasteiger partial charge in [-0.2, -0.15) is 0 Å². The van der Waals surface area contributed by atoms with Crippen molar-refractivity contribution in [3.63, 3.8) is 0 Å². The van der Waals surface area contributed by atoms with Crippen LogP contribution in [0.2, 0.25) is 0 Å². The largest absolute Gasteiger partial charge is 0.508 e. The highest BCUT2D eigenvalue weighted by Gasteiger charge is 2.14. The first kappa shape index (κ1) is 13.6. The number of halogens is 1. The Morgan fingerprint density at radius 2 is 2.11 bits per heavy atom. The number of phenols is 1. The highest BCUT2D eigenvalue weighted by atomic mass is 19.1. The Morgan fingerprint density at radius 1 is 1.32 bits per heavy atom. The Hall–Kier alpha value is -1.81. The number of benzene rings is 1. The van der Waals surface area contributed by atoms with Gasteiger partial charge in [0.15, 0.2) is 0 Å². The van der Waals surface area contributed by atoms with E-state index in [-0.39, 0.29) is 17.8 Å². The van der Waals surface area contributed by atoms with Crippen LogP contribution >= 0.6 is 0 Å². The molecule has 1 aromatic heterocycles. The van der Waals surface area contributed by atoms with E-state index in [2.05, 4.69) is 5.32 Å². The summed E-state index contributed by atoms with van der Waals surface area (Å²) >= 11 is 0. The normalized spacial score (nSPS) is 14.3. The zero-order valence-electron chi connectivity index (χ0n) is 11.1. The summed E-state index contributed by atoms with van der Waals surface area (Å²) in [5.41, 5.74) is 0.688. The van der Waals surface area contributed by atoms with Crippen molar-refractivity contribution in [3.05, 3.63) is 53.7 Å². The van der Waals surface area contributed by atoms with Crippen molar-refractivity contribution in [2.45, 2.75) is 32.4 Å². The number of phenolic OH excluding ortho intramolecular Hbond substituents is 1. The van der Waals surface area contributed by atoms with Crippen LogP contribution in [-0.4, -0.2) is 11.1 Å². The molecular weight excluding hydrogens is 245 g/mol. The second-order valence-corrected chi connectivity index (χ2v) is 4.78. The van der Waals surface area contributed by atoms with Crippen LogP contribution in [0.15, 0.2) is 41.0 Å². The number of hydrogen-bond acceptors (Lipinski definition) is 3. The maximum absolute atomic E-state index is 12.9. The number of nitrogens with one attached hydrogen (secondary N) is 1. The summed E-state index contributed by atoms with van der Waals surface area (Å²) < 4.78 is 18.2. The van der Waals surface area contributed by atoms with Crippen molar-refractivity contribution in [1.29, 1.82) is 0 Å².